The van der Waals surface area contributed by atoms with E-state index >= 15 is 0 Å². The van der Waals surface area contributed by atoms with Crippen LogP contribution in [0.1, 0.15) is 19.8 Å². The predicted molar refractivity (Wildman–Crippen MR) is 150 cm³/mol. The van der Waals surface area contributed by atoms with Gasteiger partial charge in [-0.2, -0.15) is 0 Å². The van der Waals surface area contributed by atoms with Crippen LogP contribution in [-0.4, -0.2) is 176 Å². The van der Waals surface area contributed by atoms with Crippen molar-refractivity contribution in [1.82, 2.24) is 10.6 Å². The summed E-state index contributed by atoms with van der Waals surface area (Å²) >= 11 is 0. The molecule has 2 aliphatic heterocycles. The first kappa shape index (κ1) is 36.0. The second-order valence-corrected chi connectivity index (χ2v) is 12.0. The summed E-state index contributed by atoms with van der Waals surface area (Å²) in [6.45, 7) is 1.74. The number of nitrogens with two attached hydrogens (primary N) is 4. The number of nitrogens with one attached hydrogen (secondary N) is 2. The van der Waals surface area contributed by atoms with Crippen molar-refractivity contribution in [3.05, 3.63) is 0 Å². The number of rotatable bonds is 11. The molecule has 0 spiro atoms. The van der Waals surface area contributed by atoms with Gasteiger partial charge in [0.1, 0.15) is 61.0 Å². The van der Waals surface area contributed by atoms with E-state index < -0.39 is 116 Å². The Hall–Kier alpha value is -1.86. The van der Waals surface area contributed by atoms with E-state index in [1.165, 1.54) is 0 Å². The number of ether oxygens (including phenoxy) is 4. The number of amides is 1. The number of carbonyl (C=O) groups is 1. The molecule has 17 atom stereocenters. The van der Waals surface area contributed by atoms with Gasteiger partial charge in [0.25, 0.3) is 5.91 Å². The monoisotopic (exact) mass is 653 g/mol. The summed E-state index contributed by atoms with van der Waals surface area (Å²) in [4.78, 5) is 16.9. The Morgan fingerprint density at radius 2 is 1.53 bits per heavy atom. The molecule has 20 heteroatoms. The van der Waals surface area contributed by atoms with Gasteiger partial charge >= 0.3 is 0 Å². The molecule has 0 aromatic carbocycles. The Balaban J connectivity index is 1.57. The number of guanidine groups is 1. The molecule has 18 N–H and O–H groups in total. The Morgan fingerprint density at radius 1 is 0.911 bits per heavy atom. The van der Waals surface area contributed by atoms with Crippen molar-refractivity contribution in [1.29, 1.82) is 0 Å². The van der Waals surface area contributed by atoms with Crippen molar-refractivity contribution in [2.45, 2.75) is 123 Å². The molecule has 0 radical (unpaired) electrons. The van der Waals surface area contributed by atoms with Gasteiger partial charge in [0.2, 0.25) is 0 Å². The number of hydrogen-bond donors (Lipinski definition) is 14. The Morgan fingerprint density at radius 3 is 2.16 bits per heavy atom. The van der Waals surface area contributed by atoms with Crippen molar-refractivity contribution in [2.75, 3.05) is 19.7 Å². The summed E-state index contributed by atoms with van der Waals surface area (Å²) in [6.07, 6.45) is -18.4. The minimum Gasteiger partial charge on any atom is -0.394 e. The van der Waals surface area contributed by atoms with Crippen molar-refractivity contribution in [2.24, 2.45) is 27.9 Å². The number of carbonyl (C=O) groups excluding carboxylic acids is 1. The number of hydrogen-bond acceptors (Lipinski definition) is 17. The standard InChI is InChI=1S/C25H47N7O13/c1-2-30-5-9-14(35)16(37)17(38)22(42-9)44-19-7(26)3-8(31-23(40)25(41)4-11(25)32-24(28)29)20(18(19)39)45-21-15(36)12(27)13(34)10(6-33)43-21/h7-22,30,33-39,41H,2-6,26-27H2,1H3,(H,31,40)(H4,28,29,32)/t7-,8+,9+,10+,11?,12-,13+,14+,15+,16-,17+,18-,19+,20-,21+,22+,25?/m0/s1. The van der Waals surface area contributed by atoms with Crippen molar-refractivity contribution in [3.63, 3.8) is 0 Å². The van der Waals surface area contributed by atoms with Crippen LogP contribution in [0.15, 0.2) is 4.99 Å². The van der Waals surface area contributed by atoms with Crippen LogP contribution in [0.25, 0.3) is 0 Å². The second kappa shape index (κ2) is 14.5. The molecule has 0 aromatic heterocycles. The molecular weight excluding hydrogens is 606 g/mol. The Bertz CT molecular complexity index is 1040. The smallest absolute Gasteiger partial charge is 0.254 e. The highest BCUT2D eigenvalue weighted by atomic mass is 16.7. The number of aliphatic imine (C=N–C) groups is 1. The fraction of sp³-hybridized carbons (Fsp3) is 0.920. The molecule has 20 nitrogen and oxygen atoms in total. The zero-order valence-corrected chi connectivity index (χ0v) is 24.6. The number of likely N-dealkylation sites (N-methyl/N-ethyl adjacent to an activating group) is 1. The largest absolute Gasteiger partial charge is 0.394 e. The average molecular weight is 654 g/mol. The van der Waals surface area contributed by atoms with Crippen molar-refractivity contribution >= 4 is 11.9 Å². The highest BCUT2D eigenvalue weighted by Gasteiger charge is 2.61. The first-order valence-corrected chi connectivity index (χ1v) is 14.8. The van der Waals surface area contributed by atoms with Crippen LogP contribution in [0.4, 0.5) is 0 Å². The van der Waals surface area contributed by atoms with Gasteiger partial charge in [0, 0.05) is 19.0 Å². The Kier molecular flexibility index (Phi) is 11.6. The number of aliphatic hydroxyl groups excluding tert-OH is 7. The van der Waals surface area contributed by atoms with Gasteiger partial charge in [0.15, 0.2) is 24.1 Å². The van der Waals surface area contributed by atoms with Gasteiger partial charge in [-0.3, -0.25) is 4.79 Å². The lowest BCUT2D eigenvalue weighted by Crippen LogP contribution is -2.69. The highest BCUT2D eigenvalue weighted by molar-refractivity contribution is 5.90. The topological polar surface area (TPSA) is 356 Å². The molecule has 4 fully saturated rings. The SMILES string of the molecule is CCNC[C@H]1O[C@H](O[C@H]2[C@H](O)[C@@H](O[C@H]3O[C@H](CO)[C@@H](O)[C@H](N)[C@H]3O)[C@H](NC(=O)C3(O)CC3N=C(N)N)C[C@@H]2N)[C@H](O)[C@@H](O)[C@@H]1O. The summed E-state index contributed by atoms with van der Waals surface area (Å²) in [5, 5.41) is 89.8. The van der Waals surface area contributed by atoms with Gasteiger partial charge in [0.05, 0.1) is 24.7 Å². The van der Waals surface area contributed by atoms with Crippen LogP contribution in [-0.2, 0) is 23.7 Å². The van der Waals surface area contributed by atoms with E-state index in [1.54, 1.807) is 0 Å². The molecule has 0 aromatic rings. The lowest BCUT2D eigenvalue weighted by Gasteiger charge is -2.49. The van der Waals surface area contributed by atoms with Gasteiger partial charge in [-0.1, -0.05) is 6.92 Å². The third-order valence-electron chi connectivity index (χ3n) is 8.71. The van der Waals surface area contributed by atoms with Gasteiger partial charge < -0.3 is 93.4 Å². The van der Waals surface area contributed by atoms with E-state index in [0.717, 1.165) is 0 Å². The van der Waals surface area contributed by atoms with Crippen molar-refractivity contribution < 1.29 is 64.6 Å². The fourth-order valence-electron chi connectivity index (χ4n) is 5.87. The third-order valence-corrected chi connectivity index (χ3v) is 8.71. The lowest BCUT2D eigenvalue weighted by atomic mass is 9.83. The van der Waals surface area contributed by atoms with E-state index in [2.05, 4.69) is 15.6 Å². The van der Waals surface area contributed by atoms with Crippen LogP contribution >= 0.6 is 0 Å². The van der Waals surface area contributed by atoms with Crippen molar-refractivity contribution in [3.8, 4) is 0 Å². The first-order chi connectivity index (χ1) is 21.1. The fourth-order valence-corrected chi connectivity index (χ4v) is 5.87. The predicted octanol–water partition coefficient (Wildman–Crippen LogP) is -8.71. The van der Waals surface area contributed by atoms with E-state index in [9.17, 15) is 45.6 Å². The molecule has 4 rings (SSSR count). The normalized spacial score (nSPS) is 48.4. The molecule has 0 bridgehead atoms. The summed E-state index contributed by atoms with van der Waals surface area (Å²) in [7, 11) is 0. The summed E-state index contributed by atoms with van der Waals surface area (Å²) < 4.78 is 23.0. The van der Waals surface area contributed by atoms with Gasteiger partial charge in [-0.25, -0.2) is 4.99 Å². The molecule has 260 valence electrons. The molecule has 1 amide bonds. The summed E-state index contributed by atoms with van der Waals surface area (Å²) in [5.74, 6) is -1.24. The van der Waals surface area contributed by atoms with E-state index in [-0.39, 0.29) is 25.3 Å². The zero-order valence-electron chi connectivity index (χ0n) is 24.6. The highest BCUT2D eigenvalue weighted by Crippen LogP contribution is 2.40. The summed E-state index contributed by atoms with van der Waals surface area (Å²) in [5.41, 5.74) is 21.0. The van der Waals surface area contributed by atoms with E-state index in [0.29, 0.717) is 6.54 Å². The maximum absolute atomic E-state index is 13.1. The molecule has 2 saturated carbocycles. The quantitative estimate of drug-likeness (QED) is 0.0726. The average Bonchev–Trinajstić information content (AvgIpc) is 3.65. The number of nitrogens with zero attached hydrogens (tertiary/aromatic N) is 1. The maximum Gasteiger partial charge on any atom is 0.254 e. The minimum absolute atomic E-state index is 0.0934. The van der Waals surface area contributed by atoms with E-state index in [1.807, 2.05) is 6.92 Å². The Labute approximate surface area is 258 Å². The summed E-state index contributed by atoms with van der Waals surface area (Å²) in [6, 6.07) is -4.49. The first-order valence-electron chi connectivity index (χ1n) is 14.8. The second-order valence-electron chi connectivity index (χ2n) is 12.0. The molecule has 4 aliphatic rings. The van der Waals surface area contributed by atoms with Gasteiger partial charge in [-0.05, 0) is 13.0 Å². The zero-order chi connectivity index (χ0) is 33.4. The number of aliphatic hydroxyl groups is 8. The maximum atomic E-state index is 13.1. The van der Waals surface area contributed by atoms with Crippen LogP contribution in [0.5, 0.6) is 0 Å². The third kappa shape index (κ3) is 7.50. The van der Waals surface area contributed by atoms with Crippen LogP contribution < -0.4 is 33.6 Å². The van der Waals surface area contributed by atoms with E-state index in [4.69, 9.17) is 41.9 Å². The lowest BCUT2D eigenvalue weighted by molar-refractivity contribution is -0.333. The molecular formula is C25H47N7O13. The molecule has 45 heavy (non-hydrogen) atoms. The van der Waals surface area contributed by atoms with Gasteiger partial charge in [-0.15, -0.1) is 0 Å². The van der Waals surface area contributed by atoms with Crippen LogP contribution in [0.3, 0.4) is 0 Å². The molecule has 2 saturated heterocycles. The van der Waals surface area contributed by atoms with Crippen LogP contribution in [0.2, 0.25) is 0 Å². The molecule has 2 heterocycles. The van der Waals surface area contributed by atoms with Crippen LogP contribution in [0, 0.1) is 0 Å². The minimum atomic E-state index is -1.97. The molecule has 2 aliphatic carbocycles. The molecule has 2 unspecified atom stereocenters.